The molecule has 164 valence electrons. The van der Waals surface area contributed by atoms with Gasteiger partial charge < -0.3 is 11.1 Å². The van der Waals surface area contributed by atoms with Crippen LogP contribution in [0.4, 0.5) is 14.6 Å². The second kappa shape index (κ2) is 8.66. The van der Waals surface area contributed by atoms with Crippen LogP contribution in [0.2, 0.25) is 0 Å². The molecule has 3 aromatic heterocycles. The highest BCUT2D eigenvalue weighted by Crippen LogP contribution is 2.34. The number of hydrogen-bond acceptors (Lipinski definition) is 6. The van der Waals surface area contributed by atoms with E-state index in [1.807, 2.05) is 26.0 Å². The average Bonchev–Trinajstić information content (AvgIpc) is 3.22. The van der Waals surface area contributed by atoms with Gasteiger partial charge in [-0.15, -0.1) is 0 Å². The molecule has 1 unspecified atom stereocenters. The monoisotopic (exact) mass is 437 g/mol. The SMILES string of the molecule is CC(C)c1ccc(-c2c(C(Cc3cc(F)cc(F)c3)NC=O)nc3ncnn3c2N)cn1. The first-order valence-electron chi connectivity index (χ1n) is 9.97. The van der Waals surface area contributed by atoms with Gasteiger partial charge in [-0.1, -0.05) is 19.9 Å². The zero-order valence-corrected chi connectivity index (χ0v) is 17.5. The summed E-state index contributed by atoms with van der Waals surface area (Å²) in [5.74, 6) is -0.692. The molecule has 8 nitrogen and oxygen atoms in total. The van der Waals surface area contributed by atoms with Gasteiger partial charge in [0.15, 0.2) is 0 Å². The number of amides is 1. The Bertz CT molecular complexity index is 1250. The van der Waals surface area contributed by atoms with E-state index in [1.165, 1.54) is 23.0 Å². The number of carbonyl (C=O) groups is 1. The predicted molar refractivity (Wildman–Crippen MR) is 115 cm³/mol. The van der Waals surface area contributed by atoms with Crippen LogP contribution in [0.1, 0.15) is 42.8 Å². The fraction of sp³-hybridized carbons (Fsp3) is 0.227. The molecule has 1 atom stereocenters. The van der Waals surface area contributed by atoms with Crippen molar-refractivity contribution in [3.63, 3.8) is 0 Å². The summed E-state index contributed by atoms with van der Waals surface area (Å²) >= 11 is 0. The van der Waals surface area contributed by atoms with Crippen LogP contribution >= 0.6 is 0 Å². The van der Waals surface area contributed by atoms with E-state index in [9.17, 15) is 13.6 Å². The van der Waals surface area contributed by atoms with Gasteiger partial charge >= 0.3 is 0 Å². The van der Waals surface area contributed by atoms with E-state index in [0.717, 1.165) is 11.8 Å². The molecular weight excluding hydrogens is 416 g/mol. The standard InChI is InChI=1S/C22H21F2N7O/c1-12(2)17-4-3-14(9-26-17)19-20(30-22-27-10-29-31(22)21(19)25)18(28-11-32)7-13-5-15(23)8-16(24)6-13/h3-6,8-12,18H,7,25H2,1-2H3,(H,28,32). The van der Waals surface area contributed by atoms with Crippen LogP contribution in [-0.2, 0) is 11.2 Å². The first-order chi connectivity index (χ1) is 15.4. The lowest BCUT2D eigenvalue weighted by Gasteiger charge is -2.21. The highest BCUT2D eigenvalue weighted by molar-refractivity contribution is 5.78. The molecule has 1 aromatic carbocycles. The second-order valence-electron chi connectivity index (χ2n) is 7.67. The van der Waals surface area contributed by atoms with Gasteiger partial charge in [-0.2, -0.15) is 14.6 Å². The van der Waals surface area contributed by atoms with Crippen molar-refractivity contribution in [2.24, 2.45) is 0 Å². The summed E-state index contributed by atoms with van der Waals surface area (Å²) in [6.07, 6.45) is 3.58. The molecule has 3 heterocycles. The van der Waals surface area contributed by atoms with E-state index in [1.54, 1.807) is 6.20 Å². The van der Waals surface area contributed by atoms with Crippen molar-refractivity contribution in [2.75, 3.05) is 5.73 Å². The summed E-state index contributed by atoms with van der Waals surface area (Å²) in [5.41, 5.74) is 9.23. The predicted octanol–water partition coefficient (Wildman–Crippen LogP) is 3.20. The van der Waals surface area contributed by atoms with E-state index in [4.69, 9.17) is 5.73 Å². The molecule has 0 aliphatic carbocycles. The number of benzene rings is 1. The minimum atomic E-state index is -0.738. The molecule has 3 N–H and O–H groups in total. The highest BCUT2D eigenvalue weighted by atomic mass is 19.1. The molecule has 0 aliphatic rings. The lowest BCUT2D eigenvalue weighted by Crippen LogP contribution is -2.25. The van der Waals surface area contributed by atoms with Gasteiger partial charge in [0.05, 0.1) is 11.7 Å². The Morgan fingerprint density at radius 2 is 1.91 bits per heavy atom. The van der Waals surface area contributed by atoms with E-state index in [-0.39, 0.29) is 23.9 Å². The van der Waals surface area contributed by atoms with E-state index in [0.29, 0.717) is 28.8 Å². The van der Waals surface area contributed by atoms with Crippen LogP contribution < -0.4 is 11.1 Å². The molecule has 32 heavy (non-hydrogen) atoms. The number of halogens is 2. The number of nitrogens with one attached hydrogen (secondary N) is 1. The largest absolute Gasteiger partial charge is 0.383 e. The summed E-state index contributed by atoms with van der Waals surface area (Å²) in [7, 11) is 0. The Labute approximate surface area is 182 Å². The van der Waals surface area contributed by atoms with Gasteiger partial charge in [0, 0.05) is 29.1 Å². The summed E-state index contributed by atoms with van der Waals surface area (Å²) in [6, 6.07) is 6.22. The third-order valence-corrected chi connectivity index (χ3v) is 5.12. The van der Waals surface area contributed by atoms with Crippen molar-refractivity contribution in [3.8, 4) is 11.1 Å². The van der Waals surface area contributed by atoms with Crippen LogP contribution in [0.15, 0.2) is 42.9 Å². The number of fused-ring (bicyclic) bond motifs is 1. The fourth-order valence-corrected chi connectivity index (χ4v) is 3.61. The van der Waals surface area contributed by atoms with Gasteiger partial charge in [-0.25, -0.2) is 13.8 Å². The van der Waals surface area contributed by atoms with Crippen LogP contribution in [0, 0.1) is 11.6 Å². The molecule has 4 rings (SSSR count). The minimum absolute atomic E-state index is 0.0781. The van der Waals surface area contributed by atoms with Crippen LogP contribution in [0.25, 0.3) is 16.9 Å². The number of nitrogens with two attached hydrogens (primary N) is 1. The molecule has 1 amide bonds. The lowest BCUT2D eigenvalue weighted by atomic mass is 9.96. The smallest absolute Gasteiger partial charge is 0.254 e. The number of pyridine rings is 1. The molecule has 0 fully saturated rings. The summed E-state index contributed by atoms with van der Waals surface area (Å²) < 4.78 is 28.9. The third kappa shape index (κ3) is 4.11. The maximum atomic E-state index is 13.7. The number of carbonyl (C=O) groups excluding carboxylic acids is 1. The van der Waals surface area contributed by atoms with Gasteiger partial charge in [0.2, 0.25) is 6.41 Å². The maximum absolute atomic E-state index is 13.7. The van der Waals surface area contributed by atoms with Gasteiger partial charge in [-0.05, 0) is 36.1 Å². The van der Waals surface area contributed by atoms with Gasteiger partial charge in [0.1, 0.15) is 23.8 Å². The number of nitrogen functional groups attached to an aromatic ring is 1. The average molecular weight is 437 g/mol. The Balaban J connectivity index is 1.88. The van der Waals surface area contributed by atoms with E-state index < -0.39 is 17.7 Å². The number of rotatable bonds is 7. The first-order valence-corrected chi connectivity index (χ1v) is 9.97. The number of hydrogen-bond donors (Lipinski definition) is 2. The van der Waals surface area contributed by atoms with Crippen LogP contribution in [0.5, 0.6) is 0 Å². The zero-order chi connectivity index (χ0) is 22.8. The maximum Gasteiger partial charge on any atom is 0.254 e. The van der Waals surface area contributed by atoms with E-state index >= 15 is 0 Å². The molecule has 4 aromatic rings. The van der Waals surface area contributed by atoms with Crippen LogP contribution in [-0.4, -0.2) is 31.0 Å². The first kappa shape index (κ1) is 21.3. The Morgan fingerprint density at radius 3 is 2.53 bits per heavy atom. The molecule has 0 saturated carbocycles. The topological polar surface area (TPSA) is 111 Å². The molecule has 10 heteroatoms. The van der Waals surface area contributed by atoms with Crippen molar-refractivity contribution in [2.45, 2.75) is 32.2 Å². The molecule has 0 radical (unpaired) electrons. The molecule has 0 bridgehead atoms. The number of aromatic nitrogens is 5. The number of nitrogens with zero attached hydrogens (tertiary/aromatic N) is 5. The second-order valence-corrected chi connectivity index (χ2v) is 7.67. The molecule has 0 saturated heterocycles. The van der Waals surface area contributed by atoms with Crippen molar-refractivity contribution >= 4 is 18.0 Å². The molecular formula is C22H21F2N7O. The summed E-state index contributed by atoms with van der Waals surface area (Å²) in [5, 5.41) is 6.80. The van der Waals surface area contributed by atoms with Crippen molar-refractivity contribution in [3.05, 3.63) is 71.4 Å². The van der Waals surface area contributed by atoms with Crippen molar-refractivity contribution in [1.29, 1.82) is 0 Å². The minimum Gasteiger partial charge on any atom is -0.383 e. The van der Waals surface area contributed by atoms with Gasteiger partial charge in [0.25, 0.3) is 5.78 Å². The highest BCUT2D eigenvalue weighted by Gasteiger charge is 2.24. The normalized spacial score (nSPS) is 12.3. The number of anilines is 1. The summed E-state index contributed by atoms with van der Waals surface area (Å²) in [4.78, 5) is 24.6. The zero-order valence-electron chi connectivity index (χ0n) is 17.5. The Hall–Kier alpha value is -3.95. The van der Waals surface area contributed by atoms with Crippen LogP contribution in [0.3, 0.4) is 0 Å². The molecule has 0 spiro atoms. The quantitative estimate of drug-likeness (QED) is 0.430. The lowest BCUT2D eigenvalue weighted by molar-refractivity contribution is -0.110. The molecule has 0 aliphatic heterocycles. The third-order valence-electron chi connectivity index (χ3n) is 5.12. The van der Waals surface area contributed by atoms with Gasteiger partial charge in [-0.3, -0.25) is 9.78 Å². The van der Waals surface area contributed by atoms with Crippen molar-refractivity contribution < 1.29 is 13.6 Å². The van der Waals surface area contributed by atoms with Crippen molar-refractivity contribution in [1.82, 2.24) is 29.9 Å². The fourth-order valence-electron chi connectivity index (χ4n) is 3.61. The Morgan fingerprint density at radius 1 is 1.16 bits per heavy atom. The van der Waals surface area contributed by atoms with E-state index in [2.05, 4.69) is 25.4 Å². The Kier molecular flexibility index (Phi) is 5.76. The summed E-state index contributed by atoms with van der Waals surface area (Å²) in [6.45, 7) is 4.07.